The normalized spacial score (nSPS) is 19.8. The summed E-state index contributed by atoms with van der Waals surface area (Å²) in [5.41, 5.74) is 1.38. The first kappa shape index (κ1) is 14.3. The second-order valence-electron chi connectivity index (χ2n) is 5.45. The number of hydrogen-bond donors (Lipinski definition) is 1. The van der Waals surface area contributed by atoms with Crippen LogP contribution in [-0.2, 0) is 0 Å². The average Bonchev–Trinajstić information content (AvgIpc) is 2.92. The topological polar surface area (TPSA) is 28.2 Å². The Bertz CT molecular complexity index is 361. The first-order valence-electron chi connectivity index (χ1n) is 7.79. The summed E-state index contributed by atoms with van der Waals surface area (Å²) in [6, 6.07) is 4.97. The SMILES string of the molecule is CCCCN1CCC[C@@H]1c1ccc(NCCC)nc1. The zero-order valence-corrected chi connectivity index (χ0v) is 12.4. The van der Waals surface area contributed by atoms with E-state index in [1.807, 2.05) is 0 Å². The van der Waals surface area contributed by atoms with Crippen molar-refractivity contribution in [3.8, 4) is 0 Å². The minimum absolute atomic E-state index is 0.597. The fraction of sp³-hybridized carbons (Fsp3) is 0.688. The molecule has 3 heteroatoms. The lowest BCUT2D eigenvalue weighted by Gasteiger charge is -2.24. The van der Waals surface area contributed by atoms with Crippen LogP contribution in [0, 0.1) is 0 Å². The Morgan fingerprint density at radius 3 is 2.89 bits per heavy atom. The molecule has 2 heterocycles. The number of hydrogen-bond acceptors (Lipinski definition) is 3. The molecule has 0 radical (unpaired) electrons. The number of anilines is 1. The summed E-state index contributed by atoms with van der Waals surface area (Å²) in [4.78, 5) is 7.16. The van der Waals surface area contributed by atoms with Crippen molar-refractivity contribution in [3.05, 3.63) is 23.9 Å². The van der Waals surface area contributed by atoms with Crippen LogP contribution in [0.1, 0.15) is 57.6 Å². The highest BCUT2D eigenvalue weighted by molar-refractivity contribution is 5.36. The molecule has 1 aromatic rings. The smallest absolute Gasteiger partial charge is 0.125 e. The van der Waals surface area contributed by atoms with Gasteiger partial charge in [0, 0.05) is 18.8 Å². The summed E-state index contributed by atoms with van der Waals surface area (Å²) in [7, 11) is 0. The first-order chi connectivity index (χ1) is 9.35. The summed E-state index contributed by atoms with van der Waals surface area (Å²) < 4.78 is 0. The average molecular weight is 261 g/mol. The van der Waals surface area contributed by atoms with Crippen LogP contribution in [0.25, 0.3) is 0 Å². The molecule has 0 spiro atoms. The van der Waals surface area contributed by atoms with E-state index in [4.69, 9.17) is 0 Å². The summed E-state index contributed by atoms with van der Waals surface area (Å²) in [6.07, 6.45) is 8.39. The Hall–Kier alpha value is -1.09. The molecule has 1 aliphatic rings. The van der Waals surface area contributed by atoms with Crippen molar-refractivity contribution >= 4 is 5.82 Å². The Morgan fingerprint density at radius 1 is 1.32 bits per heavy atom. The van der Waals surface area contributed by atoms with Crippen molar-refractivity contribution in [2.45, 2.75) is 52.0 Å². The number of unbranched alkanes of at least 4 members (excludes halogenated alkanes) is 1. The predicted octanol–water partition coefficient (Wildman–Crippen LogP) is 3.84. The second-order valence-corrected chi connectivity index (χ2v) is 5.45. The molecule has 1 fully saturated rings. The van der Waals surface area contributed by atoms with E-state index in [9.17, 15) is 0 Å². The molecule has 1 aliphatic heterocycles. The van der Waals surface area contributed by atoms with Gasteiger partial charge in [0.05, 0.1) is 0 Å². The quantitative estimate of drug-likeness (QED) is 0.808. The standard InChI is InChI=1S/C16H27N3/c1-3-5-11-19-12-6-7-15(19)14-8-9-16(18-13-14)17-10-4-2/h8-9,13,15H,3-7,10-12H2,1-2H3,(H,17,18)/t15-/m1/s1. The zero-order chi connectivity index (χ0) is 13.5. The van der Waals surface area contributed by atoms with Crippen LogP contribution in [0.3, 0.4) is 0 Å². The Morgan fingerprint density at radius 2 is 2.21 bits per heavy atom. The molecule has 0 aliphatic carbocycles. The van der Waals surface area contributed by atoms with Gasteiger partial charge < -0.3 is 5.32 Å². The van der Waals surface area contributed by atoms with Crippen molar-refractivity contribution in [1.82, 2.24) is 9.88 Å². The molecule has 0 unspecified atom stereocenters. The highest BCUT2D eigenvalue weighted by Crippen LogP contribution is 2.31. The molecule has 2 rings (SSSR count). The van der Waals surface area contributed by atoms with E-state index in [0.29, 0.717) is 6.04 Å². The van der Waals surface area contributed by atoms with E-state index in [1.54, 1.807) is 0 Å². The van der Waals surface area contributed by atoms with E-state index in [1.165, 1.54) is 44.3 Å². The van der Waals surface area contributed by atoms with Gasteiger partial charge in [0.1, 0.15) is 5.82 Å². The van der Waals surface area contributed by atoms with Gasteiger partial charge in [0.25, 0.3) is 0 Å². The van der Waals surface area contributed by atoms with E-state index >= 15 is 0 Å². The highest BCUT2D eigenvalue weighted by atomic mass is 15.2. The van der Waals surface area contributed by atoms with Gasteiger partial charge in [0.2, 0.25) is 0 Å². The molecular formula is C16H27N3. The van der Waals surface area contributed by atoms with Crippen LogP contribution in [0.15, 0.2) is 18.3 Å². The monoisotopic (exact) mass is 261 g/mol. The van der Waals surface area contributed by atoms with Crippen molar-refractivity contribution in [1.29, 1.82) is 0 Å². The van der Waals surface area contributed by atoms with Crippen molar-refractivity contribution < 1.29 is 0 Å². The molecule has 19 heavy (non-hydrogen) atoms. The molecule has 1 N–H and O–H groups in total. The molecule has 1 atom stereocenters. The number of nitrogens with one attached hydrogen (secondary N) is 1. The largest absolute Gasteiger partial charge is 0.370 e. The third kappa shape index (κ3) is 3.93. The Labute approximate surface area is 117 Å². The summed E-state index contributed by atoms with van der Waals surface area (Å²) in [5.74, 6) is 1.00. The lowest BCUT2D eigenvalue weighted by atomic mass is 10.1. The van der Waals surface area contributed by atoms with E-state index in [0.717, 1.165) is 18.8 Å². The molecule has 3 nitrogen and oxygen atoms in total. The van der Waals surface area contributed by atoms with Crippen LogP contribution in [0.4, 0.5) is 5.82 Å². The van der Waals surface area contributed by atoms with Crippen molar-refractivity contribution in [2.24, 2.45) is 0 Å². The molecule has 0 saturated carbocycles. The summed E-state index contributed by atoms with van der Waals surface area (Å²) in [5, 5.41) is 3.33. The fourth-order valence-electron chi connectivity index (χ4n) is 2.79. The molecule has 0 bridgehead atoms. The molecule has 0 amide bonds. The van der Waals surface area contributed by atoms with Crippen LogP contribution in [0.2, 0.25) is 0 Å². The van der Waals surface area contributed by atoms with Crippen molar-refractivity contribution in [2.75, 3.05) is 25.0 Å². The fourth-order valence-corrected chi connectivity index (χ4v) is 2.79. The zero-order valence-electron chi connectivity index (χ0n) is 12.4. The molecular weight excluding hydrogens is 234 g/mol. The maximum Gasteiger partial charge on any atom is 0.125 e. The number of pyridine rings is 1. The maximum absolute atomic E-state index is 4.54. The maximum atomic E-state index is 4.54. The predicted molar refractivity (Wildman–Crippen MR) is 81.5 cm³/mol. The number of rotatable bonds is 7. The lowest BCUT2D eigenvalue weighted by molar-refractivity contribution is 0.253. The van der Waals surface area contributed by atoms with Gasteiger partial charge in [0.15, 0.2) is 0 Å². The van der Waals surface area contributed by atoms with Crippen molar-refractivity contribution in [3.63, 3.8) is 0 Å². The number of likely N-dealkylation sites (tertiary alicyclic amines) is 1. The van der Waals surface area contributed by atoms with E-state index < -0.39 is 0 Å². The Balaban J connectivity index is 1.96. The van der Waals surface area contributed by atoms with Crippen LogP contribution >= 0.6 is 0 Å². The van der Waals surface area contributed by atoms with Gasteiger partial charge in [-0.2, -0.15) is 0 Å². The minimum Gasteiger partial charge on any atom is -0.370 e. The minimum atomic E-state index is 0.597. The lowest BCUT2D eigenvalue weighted by Crippen LogP contribution is -2.24. The summed E-state index contributed by atoms with van der Waals surface area (Å²) in [6.45, 7) is 7.92. The van der Waals surface area contributed by atoms with Gasteiger partial charge in [-0.1, -0.05) is 26.3 Å². The highest BCUT2D eigenvalue weighted by Gasteiger charge is 2.25. The number of nitrogens with zero attached hydrogens (tertiary/aromatic N) is 2. The van der Waals surface area contributed by atoms with Gasteiger partial charge in [-0.15, -0.1) is 0 Å². The molecule has 1 aromatic heterocycles. The second kappa shape index (κ2) is 7.49. The summed E-state index contributed by atoms with van der Waals surface area (Å²) >= 11 is 0. The Kier molecular flexibility index (Phi) is 5.64. The third-order valence-corrected chi connectivity index (χ3v) is 3.89. The van der Waals surface area contributed by atoms with Gasteiger partial charge in [-0.05, 0) is 50.4 Å². The molecule has 106 valence electrons. The van der Waals surface area contributed by atoms with Crippen LogP contribution < -0.4 is 5.32 Å². The number of aromatic nitrogens is 1. The van der Waals surface area contributed by atoms with E-state index in [2.05, 4.69) is 47.4 Å². The molecule has 0 aromatic carbocycles. The van der Waals surface area contributed by atoms with Crippen LogP contribution in [0.5, 0.6) is 0 Å². The van der Waals surface area contributed by atoms with Gasteiger partial charge in [-0.3, -0.25) is 4.90 Å². The first-order valence-corrected chi connectivity index (χ1v) is 7.79. The van der Waals surface area contributed by atoms with Crippen LogP contribution in [-0.4, -0.2) is 29.5 Å². The van der Waals surface area contributed by atoms with Gasteiger partial charge in [-0.25, -0.2) is 4.98 Å². The van der Waals surface area contributed by atoms with Gasteiger partial charge >= 0.3 is 0 Å². The van der Waals surface area contributed by atoms with E-state index in [-0.39, 0.29) is 0 Å². The third-order valence-electron chi connectivity index (χ3n) is 3.89. The molecule has 1 saturated heterocycles.